The molecule has 0 aromatic heterocycles. The van der Waals surface area contributed by atoms with Crippen molar-refractivity contribution >= 4 is 17.5 Å². The van der Waals surface area contributed by atoms with E-state index in [-0.39, 0.29) is 17.7 Å². The van der Waals surface area contributed by atoms with Crippen LogP contribution in [0.5, 0.6) is 11.5 Å². The lowest BCUT2D eigenvalue weighted by Gasteiger charge is -2.27. The number of halogens is 1. The van der Waals surface area contributed by atoms with Gasteiger partial charge in [0.25, 0.3) is 5.91 Å². The average Bonchev–Trinajstić information content (AvgIpc) is 2.42. The molecule has 110 valence electrons. The third-order valence-corrected chi connectivity index (χ3v) is 3.83. The van der Waals surface area contributed by atoms with E-state index < -0.39 is 5.91 Å². The topological polar surface area (TPSA) is 87.6 Å². The van der Waals surface area contributed by atoms with Crippen LogP contribution in [0, 0.1) is 0 Å². The second-order valence-corrected chi connectivity index (χ2v) is 5.41. The van der Waals surface area contributed by atoms with E-state index in [0.29, 0.717) is 16.5 Å². The van der Waals surface area contributed by atoms with E-state index in [1.807, 2.05) is 0 Å². The monoisotopic (exact) mass is 298 g/mol. The number of methoxy groups -OCH3 is 1. The van der Waals surface area contributed by atoms with Gasteiger partial charge in [0.05, 0.1) is 23.8 Å². The summed E-state index contributed by atoms with van der Waals surface area (Å²) in [5, 5.41) is 0.356. The number of primary amides is 1. The lowest BCUT2D eigenvalue weighted by atomic mass is 9.94. The highest BCUT2D eigenvalue weighted by atomic mass is 35.5. The van der Waals surface area contributed by atoms with E-state index in [2.05, 4.69) is 0 Å². The predicted molar refractivity (Wildman–Crippen MR) is 77.4 cm³/mol. The molecule has 1 fully saturated rings. The fourth-order valence-electron chi connectivity index (χ4n) is 2.37. The van der Waals surface area contributed by atoms with Crippen molar-refractivity contribution in [3.05, 3.63) is 22.7 Å². The average molecular weight is 299 g/mol. The molecule has 1 amide bonds. The zero-order valence-electron chi connectivity index (χ0n) is 11.4. The summed E-state index contributed by atoms with van der Waals surface area (Å²) in [5.74, 6) is 0.289. The van der Waals surface area contributed by atoms with Crippen LogP contribution in [0.15, 0.2) is 12.1 Å². The molecule has 0 spiro atoms. The molecule has 0 heterocycles. The summed E-state index contributed by atoms with van der Waals surface area (Å²) in [6, 6.07) is 3.35. The summed E-state index contributed by atoms with van der Waals surface area (Å²) in [6.07, 6.45) is 3.78. The zero-order chi connectivity index (χ0) is 14.7. The molecule has 0 radical (unpaired) electrons. The van der Waals surface area contributed by atoms with Crippen LogP contribution in [0.1, 0.15) is 36.0 Å². The summed E-state index contributed by atoms with van der Waals surface area (Å²) >= 11 is 6.14. The molecule has 1 saturated carbocycles. The van der Waals surface area contributed by atoms with Gasteiger partial charge in [0, 0.05) is 12.1 Å². The van der Waals surface area contributed by atoms with Crippen molar-refractivity contribution in [2.45, 2.75) is 37.8 Å². The number of hydrogen-bond donors (Lipinski definition) is 2. The summed E-state index contributed by atoms with van der Waals surface area (Å²) in [6.45, 7) is 0. The van der Waals surface area contributed by atoms with Crippen LogP contribution < -0.4 is 20.9 Å². The Balaban J connectivity index is 2.17. The minimum Gasteiger partial charge on any atom is -0.496 e. The molecule has 1 aromatic rings. The fourth-order valence-corrected chi connectivity index (χ4v) is 2.58. The van der Waals surface area contributed by atoms with Crippen molar-refractivity contribution in [1.82, 2.24) is 0 Å². The summed E-state index contributed by atoms with van der Waals surface area (Å²) in [4.78, 5) is 11.3. The highest BCUT2D eigenvalue weighted by Gasteiger charge is 2.22. The number of hydrogen-bond acceptors (Lipinski definition) is 4. The number of amides is 1. The van der Waals surface area contributed by atoms with Gasteiger partial charge in [0.15, 0.2) is 0 Å². The second-order valence-electron chi connectivity index (χ2n) is 5.00. The Labute approximate surface area is 123 Å². The van der Waals surface area contributed by atoms with Gasteiger partial charge in [0.1, 0.15) is 11.5 Å². The standard InChI is InChI=1S/C14H19ClN2O3/c1-19-12-7-13(11(15)6-10(12)14(17)18)20-9-4-2-8(16)3-5-9/h6-9H,2-5,16H2,1H3,(H2,17,18)/t8-,9-. The Morgan fingerprint density at radius 2 is 1.90 bits per heavy atom. The first-order valence-corrected chi connectivity index (χ1v) is 6.98. The predicted octanol–water partition coefficient (Wildman–Crippen LogP) is 2.10. The van der Waals surface area contributed by atoms with Crippen LogP contribution in [0.2, 0.25) is 5.02 Å². The minimum atomic E-state index is -0.584. The van der Waals surface area contributed by atoms with E-state index >= 15 is 0 Å². The van der Waals surface area contributed by atoms with E-state index in [0.717, 1.165) is 25.7 Å². The van der Waals surface area contributed by atoms with Crippen LogP contribution in [-0.4, -0.2) is 25.2 Å². The van der Waals surface area contributed by atoms with E-state index in [1.54, 1.807) is 6.07 Å². The van der Waals surface area contributed by atoms with Gasteiger partial charge >= 0.3 is 0 Å². The number of benzene rings is 1. The largest absolute Gasteiger partial charge is 0.496 e. The number of nitrogens with two attached hydrogens (primary N) is 2. The van der Waals surface area contributed by atoms with Gasteiger partial charge in [-0.25, -0.2) is 0 Å². The Hall–Kier alpha value is -1.46. The quantitative estimate of drug-likeness (QED) is 0.891. The maximum absolute atomic E-state index is 11.3. The Kier molecular flexibility index (Phi) is 4.73. The Morgan fingerprint density at radius 3 is 2.45 bits per heavy atom. The normalized spacial score (nSPS) is 22.4. The first-order chi connectivity index (χ1) is 9.51. The van der Waals surface area contributed by atoms with Crippen molar-refractivity contribution in [2.24, 2.45) is 11.5 Å². The van der Waals surface area contributed by atoms with Crippen molar-refractivity contribution in [3.8, 4) is 11.5 Å². The lowest BCUT2D eigenvalue weighted by molar-refractivity contribution is 0.0997. The molecule has 0 atom stereocenters. The molecule has 2 rings (SSSR count). The van der Waals surface area contributed by atoms with Crippen molar-refractivity contribution in [1.29, 1.82) is 0 Å². The van der Waals surface area contributed by atoms with Crippen molar-refractivity contribution in [3.63, 3.8) is 0 Å². The molecule has 20 heavy (non-hydrogen) atoms. The summed E-state index contributed by atoms with van der Waals surface area (Å²) in [5.41, 5.74) is 11.4. The van der Waals surface area contributed by atoms with E-state index in [9.17, 15) is 4.79 Å². The lowest BCUT2D eigenvalue weighted by Crippen LogP contribution is -2.31. The molecule has 0 saturated heterocycles. The van der Waals surface area contributed by atoms with Gasteiger partial charge in [0.2, 0.25) is 0 Å². The van der Waals surface area contributed by atoms with Gasteiger partial charge in [-0.2, -0.15) is 0 Å². The Morgan fingerprint density at radius 1 is 1.25 bits per heavy atom. The number of carbonyl (C=O) groups is 1. The number of ether oxygens (including phenoxy) is 2. The van der Waals surface area contributed by atoms with Crippen molar-refractivity contribution < 1.29 is 14.3 Å². The first kappa shape index (κ1) is 14.9. The minimum absolute atomic E-state index is 0.0939. The van der Waals surface area contributed by atoms with Gasteiger partial charge in [-0.3, -0.25) is 4.79 Å². The SMILES string of the molecule is COc1cc(O[C@H]2CC[C@H](N)CC2)c(Cl)cc1C(N)=O. The summed E-state index contributed by atoms with van der Waals surface area (Å²) in [7, 11) is 1.47. The van der Waals surface area contributed by atoms with Gasteiger partial charge in [-0.05, 0) is 31.7 Å². The molecule has 1 aromatic carbocycles. The maximum atomic E-state index is 11.3. The molecular weight excluding hydrogens is 280 g/mol. The van der Waals surface area contributed by atoms with Gasteiger partial charge in [-0.1, -0.05) is 11.6 Å². The van der Waals surface area contributed by atoms with Crippen LogP contribution in [0.3, 0.4) is 0 Å². The third kappa shape index (κ3) is 3.35. The number of rotatable bonds is 4. The third-order valence-electron chi connectivity index (χ3n) is 3.53. The van der Waals surface area contributed by atoms with Gasteiger partial charge < -0.3 is 20.9 Å². The molecule has 0 aliphatic heterocycles. The second kappa shape index (κ2) is 6.33. The maximum Gasteiger partial charge on any atom is 0.252 e. The Bertz CT molecular complexity index is 499. The molecule has 0 unspecified atom stereocenters. The van der Waals surface area contributed by atoms with E-state index in [4.69, 9.17) is 32.5 Å². The first-order valence-electron chi connectivity index (χ1n) is 6.61. The van der Waals surface area contributed by atoms with Gasteiger partial charge in [-0.15, -0.1) is 0 Å². The number of carbonyl (C=O) groups excluding carboxylic acids is 1. The fraction of sp³-hybridized carbons (Fsp3) is 0.500. The van der Waals surface area contributed by atoms with Crippen molar-refractivity contribution in [2.75, 3.05) is 7.11 Å². The van der Waals surface area contributed by atoms with Crippen LogP contribution in [0.25, 0.3) is 0 Å². The molecule has 1 aliphatic rings. The zero-order valence-corrected chi connectivity index (χ0v) is 12.2. The highest BCUT2D eigenvalue weighted by Crippen LogP contribution is 2.34. The van der Waals surface area contributed by atoms with E-state index in [1.165, 1.54) is 13.2 Å². The van der Waals surface area contributed by atoms with Crippen LogP contribution >= 0.6 is 11.6 Å². The molecule has 0 bridgehead atoms. The molecule has 1 aliphatic carbocycles. The molecule has 6 heteroatoms. The molecule has 5 nitrogen and oxygen atoms in total. The smallest absolute Gasteiger partial charge is 0.252 e. The molecule has 4 N–H and O–H groups in total. The van der Waals surface area contributed by atoms with Crippen LogP contribution in [-0.2, 0) is 0 Å². The van der Waals surface area contributed by atoms with Crippen LogP contribution in [0.4, 0.5) is 0 Å². The highest BCUT2D eigenvalue weighted by molar-refractivity contribution is 6.32. The molecular formula is C14H19ClN2O3. The summed E-state index contributed by atoms with van der Waals surface area (Å²) < 4.78 is 11.0.